The number of halogens is 1. The number of ketones is 2. The molecule has 0 N–H and O–H groups in total. The van der Waals surface area contributed by atoms with Gasteiger partial charge in [0, 0.05) is 20.8 Å². The second kappa shape index (κ2) is 2.89. The molecule has 0 heterocycles. The fourth-order valence-corrected chi connectivity index (χ4v) is 2.77. The summed E-state index contributed by atoms with van der Waals surface area (Å²) in [4.78, 5) is 23.3. The van der Waals surface area contributed by atoms with Crippen LogP contribution in [0.5, 0.6) is 0 Å². The lowest BCUT2D eigenvalue weighted by Gasteiger charge is -2.04. The van der Waals surface area contributed by atoms with Crippen LogP contribution in [-0.2, 0) is 4.79 Å². The topological polar surface area (TPSA) is 34.1 Å². The molecule has 0 saturated heterocycles. The fourth-order valence-electron chi connectivity index (χ4n) is 2.28. The molecule has 1 aromatic rings. The number of rotatable bonds is 0. The lowest BCUT2D eigenvalue weighted by Crippen LogP contribution is -2.31. The van der Waals surface area contributed by atoms with Gasteiger partial charge in [-0.25, -0.2) is 0 Å². The average molecular weight is 263 g/mol. The number of hydrogen-bond donors (Lipinski definition) is 0. The Bertz CT molecular complexity index is 626. The number of Topliss-reactive ketones (excluding diaryl/α,β-unsaturated/α-hetero) is 2. The van der Waals surface area contributed by atoms with Crippen LogP contribution in [0.3, 0.4) is 0 Å². The molecule has 2 aliphatic carbocycles. The van der Waals surface area contributed by atoms with E-state index < -0.39 is 0 Å². The van der Waals surface area contributed by atoms with Crippen molar-refractivity contribution in [3.8, 4) is 0 Å². The van der Waals surface area contributed by atoms with Gasteiger partial charge in [-0.15, -0.1) is 0 Å². The van der Waals surface area contributed by atoms with Gasteiger partial charge in [0.15, 0.2) is 0 Å². The normalized spacial score (nSPS) is 17.8. The zero-order valence-corrected chi connectivity index (χ0v) is 9.43. The standard InChI is InChI=1S/C12H7BrO2/c13-9-5-4-8-10-6(9)2-1-3-7(10)11(14)12(8)15/h2,4-5H,1,3H2. The first kappa shape index (κ1) is 9.04. The Morgan fingerprint density at radius 1 is 1.13 bits per heavy atom. The van der Waals surface area contributed by atoms with Gasteiger partial charge in [0.25, 0.3) is 0 Å². The molecule has 0 bridgehead atoms. The van der Waals surface area contributed by atoms with Crippen LogP contribution >= 0.6 is 15.9 Å². The maximum absolute atomic E-state index is 11.7. The maximum Gasteiger partial charge on any atom is 0.233 e. The van der Waals surface area contributed by atoms with Crippen LogP contribution in [0.4, 0.5) is 0 Å². The molecular weight excluding hydrogens is 256 g/mol. The second-order valence-corrected chi connectivity index (χ2v) is 4.62. The molecule has 0 aromatic heterocycles. The minimum Gasteiger partial charge on any atom is -0.285 e. The van der Waals surface area contributed by atoms with Gasteiger partial charge < -0.3 is 0 Å². The van der Waals surface area contributed by atoms with Gasteiger partial charge in [0.05, 0.1) is 0 Å². The smallest absolute Gasteiger partial charge is 0.233 e. The Balaban J connectivity index is 2.60. The van der Waals surface area contributed by atoms with Crippen LogP contribution in [0, 0.1) is 0 Å². The summed E-state index contributed by atoms with van der Waals surface area (Å²) >= 11 is 3.44. The van der Waals surface area contributed by atoms with E-state index in [4.69, 9.17) is 0 Å². The Hall–Kier alpha value is -1.22. The first-order valence-corrected chi connectivity index (χ1v) is 5.60. The van der Waals surface area contributed by atoms with E-state index in [2.05, 4.69) is 22.0 Å². The Kier molecular flexibility index (Phi) is 1.74. The monoisotopic (exact) mass is 262 g/mol. The molecule has 1 aromatic carbocycles. The third-order valence-corrected chi connectivity index (χ3v) is 3.65. The van der Waals surface area contributed by atoms with Gasteiger partial charge in [-0.3, -0.25) is 9.59 Å². The largest absolute Gasteiger partial charge is 0.285 e. The summed E-state index contributed by atoms with van der Waals surface area (Å²) in [5.41, 5.74) is 1.28. The molecule has 15 heavy (non-hydrogen) atoms. The molecule has 0 radical (unpaired) electrons. The van der Waals surface area contributed by atoms with Gasteiger partial charge in [-0.1, -0.05) is 22.0 Å². The molecule has 0 fully saturated rings. The number of carbonyl (C=O) groups is 2. The first-order valence-electron chi connectivity index (χ1n) is 4.81. The van der Waals surface area contributed by atoms with Crippen molar-refractivity contribution in [1.82, 2.24) is 0 Å². The molecule has 0 spiro atoms. The van der Waals surface area contributed by atoms with E-state index >= 15 is 0 Å². The zero-order chi connectivity index (χ0) is 10.6. The highest BCUT2D eigenvalue weighted by atomic mass is 79.9. The van der Waals surface area contributed by atoms with Crippen molar-refractivity contribution >= 4 is 39.1 Å². The summed E-state index contributed by atoms with van der Waals surface area (Å²) in [6.07, 6.45) is 3.61. The fraction of sp³-hybridized carbons (Fsp3) is 0.167. The van der Waals surface area contributed by atoms with Crippen LogP contribution in [0.25, 0.3) is 11.6 Å². The molecule has 2 aliphatic rings. The third-order valence-electron chi connectivity index (χ3n) is 2.96. The lowest BCUT2D eigenvalue weighted by atomic mass is 10.0. The maximum atomic E-state index is 11.7. The van der Waals surface area contributed by atoms with E-state index in [0.29, 0.717) is 17.6 Å². The van der Waals surface area contributed by atoms with E-state index in [9.17, 15) is 9.59 Å². The Morgan fingerprint density at radius 2 is 1.93 bits per heavy atom. The first-order chi connectivity index (χ1) is 7.20. The Morgan fingerprint density at radius 3 is 2.73 bits per heavy atom. The van der Waals surface area contributed by atoms with E-state index in [0.717, 1.165) is 21.3 Å². The van der Waals surface area contributed by atoms with E-state index in [1.807, 2.05) is 6.07 Å². The van der Waals surface area contributed by atoms with Gasteiger partial charge in [0.1, 0.15) is 0 Å². The van der Waals surface area contributed by atoms with Crippen molar-refractivity contribution in [2.75, 3.05) is 0 Å². The quantitative estimate of drug-likeness (QED) is 0.653. The number of hydrogen-bond acceptors (Lipinski definition) is 2. The van der Waals surface area contributed by atoms with Crippen molar-refractivity contribution in [3.05, 3.63) is 32.6 Å². The van der Waals surface area contributed by atoms with Crippen LogP contribution in [0.1, 0.15) is 23.2 Å². The van der Waals surface area contributed by atoms with E-state index in [-0.39, 0.29) is 11.6 Å². The molecule has 2 nitrogen and oxygen atoms in total. The summed E-state index contributed by atoms with van der Waals surface area (Å²) in [6.45, 7) is 0. The van der Waals surface area contributed by atoms with Gasteiger partial charge in [-0.2, -0.15) is 0 Å². The predicted molar refractivity (Wildman–Crippen MR) is 59.8 cm³/mol. The SMILES string of the molecule is O=C1C(=O)c2ccc(Br)c3c2=C1CCC=3. The van der Waals surface area contributed by atoms with Crippen LogP contribution in [-0.4, -0.2) is 11.6 Å². The predicted octanol–water partition coefficient (Wildman–Crippen LogP) is 0.940. The van der Waals surface area contributed by atoms with Crippen LogP contribution in [0.2, 0.25) is 0 Å². The minimum absolute atomic E-state index is 0.308. The van der Waals surface area contributed by atoms with Gasteiger partial charge in [0.2, 0.25) is 11.6 Å². The van der Waals surface area contributed by atoms with Gasteiger partial charge in [-0.05, 0) is 30.2 Å². The summed E-state index contributed by atoms with van der Waals surface area (Å²) in [7, 11) is 0. The Labute approximate surface area is 94.4 Å². The van der Waals surface area contributed by atoms with Crippen molar-refractivity contribution in [3.63, 3.8) is 0 Å². The second-order valence-electron chi connectivity index (χ2n) is 3.76. The van der Waals surface area contributed by atoms with Crippen molar-refractivity contribution in [2.24, 2.45) is 0 Å². The lowest BCUT2D eigenvalue weighted by molar-refractivity contribution is -0.110. The zero-order valence-electron chi connectivity index (χ0n) is 7.84. The third kappa shape index (κ3) is 1.04. The highest BCUT2D eigenvalue weighted by Crippen LogP contribution is 2.19. The van der Waals surface area contributed by atoms with Gasteiger partial charge >= 0.3 is 0 Å². The summed E-state index contributed by atoms with van der Waals surface area (Å²) in [5.74, 6) is -0.651. The number of carbonyl (C=O) groups excluding carboxylic acids is 2. The summed E-state index contributed by atoms with van der Waals surface area (Å²) < 4.78 is 0.959. The molecule has 0 aliphatic heterocycles. The molecule has 74 valence electrons. The minimum atomic E-state index is -0.343. The average Bonchev–Trinajstić information content (AvgIpc) is 2.50. The highest BCUT2D eigenvalue weighted by Gasteiger charge is 2.31. The van der Waals surface area contributed by atoms with Crippen LogP contribution < -0.4 is 10.4 Å². The molecular formula is C12H7BrO2. The molecule has 0 atom stereocenters. The van der Waals surface area contributed by atoms with Crippen LogP contribution in [0.15, 0.2) is 16.6 Å². The number of benzene rings is 1. The summed E-state index contributed by atoms with van der Waals surface area (Å²) in [6, 6.07) is 3.57. The molecule has 0 saturated carbocycles. The highest BCUT2D eigenvalue weighted by molar-refractivity contribution is 9.10. The summed E-state index contributed by atoms with van der Waals surface area (Å²) in [5, 5.41) is 1.87. The van der Waals surface area contributed by atoms with Crippen molar-refractivity contribution in [2.45, 2.75) is 12.8 Å². The molecule has 3 heteroatoms. The van der Waals surface area contributed by atoms with Crippen molar-refractivity contribution in [1.29, 1.82) is 0 Å². The van der Waals surface area contributed by atoms with Crippen molar-refractivity contribution < 1.29 is 9.59 Å². The van der Waals surface area contributed by atoms with E-state index in [1.165, 1.54) is 0 Å². The van der Waals surface area contributed by atoms with E-state index in [1.54, 1.807) is 6.07 Å². The molecule has 0 amide bonds. The molecule has 0 unspecified atom stereocenters. The molecule has 3 rings (SSSR count).